The van der Waals surface area contributed by atoms with Crippen molar-refractivity contribution in [2.45, 2.75) is 207 Å². The second kappa shape index (κ2) is 35.5. The summed E-state index contributed by atoms with van der Waals surface area (Å²) in [4.78, 5) is 56.9. The number of ether oxygens (including phenoxy) is 2. The molecular weight excluding hydrogens is 731 g/mol. The highest BCUT2D eigenvalue weighted by atomic mass is 16.5. The van der Waals surface area contributed by atoms with Gasteiger partial charge in [-0.15, -0.1) is 0 Å². The van der Waals surface area contributed by atoms with Gasteiger partial charge in [0.2, 0.25) is 23.6 Å². The van der Waals surface area contributed by atoms with Crippen LogP contribution in [0.15, 0.2) is 0 Å². The molecule has 3 N–H and O–H groups in total. The maximum atomic E-state index is 13.7. The Hall–Kier alpha value is -2.24. The van der Waals surface area contributed by atoms with Crippen molar-refractivity contribution >= 4 is 23.6 Å². The van der Waals surface area contributed by atoms with Crippen LogP contribution in [0.5, 0.6) is 0 Å². The van der Waals surface area contributed by atoms with Gasteiger partial charge >= 0.3 is 0 Å². The molecule has 1 rings (SSSR count). The molecule has 1 heterocycles. The van der Waals surface area contributed by atoms with E-state index in [0.717, 1.165) is 51.5 Å². The molecule has 3 unspecified atom stereocenters. The summed E-state index contributed by atoms with van der Waals surface area (Å²) in [5, 5.41) is 8.86. The zero-order valence-electron chi connectivity index (χ0n) is 38.7. The first-order valence-electron chi connectivity index (χ1n) is 24.0. The number of nitrogens with zero attached hydrogens (tertiary/aromatic N) is 2. The summed E-state index contributed by atoms with van der Waals surface area (Å²) < 4.78 is 11.4. The largest absolute Gasteiger partial charge is 0.377 e. The standard InChI is InChI=1S/C47H91N5O6/c1-8-10-12-14-16-18-20-22-24-28-42(53)50-44(39(3)4)46(55)48-31-35-57-37-38-58-36-32-49-47(56)45(40(5)6)52(34-30-41-27-26-33-51(41)7)43(54)29-25-23-21-19-17-15-13-11-9-2/h39-41,44-45H,8-38H2,1-7H3,(H,48,55)(H,49,56)(H,50,53). The number of hydrogen-bond donors (Lipinski definition) is 3. The van der Waals surface area contributed by atoms with E-state index in [1.54, 1.807) is 0 Å². The Bertz CT molecular complexity index is 1060. The monoisotopic (exact) mass is 822 g/mol. The van der Waals surface area contributed by atoms with E-state index in [0.29, 0.717) is 64.9 Å². The van der Waals surface area contributed by atoms with Gasteiger partial charge in [0.05, 0.1) is 26.4 Å². The molecule has 0 radical (unpaired) electrons. The molecule has 1 aliphatic rings. The maximum Gasteiger partial charge on any atom is 0.243 e. The minimum atomic E-state index is -0.571. The quantitative estimate of drug-likeness (QED) is 0.0533. The summed E-state index contributed by atoms with van der Waals surface area (Å²) in [6.07, 6.45) is 25.8. The minimum absolute atomic E-state index is 0.0141. The van der Waals surface area contributed by atoms with E-state index in [2.05, 4.69) is 41.7 Å². The molecule has 0 aromatic heterocycles. The number of hydrogen-bond acceptors (Lipinski definition) is 7. The number of likely N-dealkylation sites (tertiary alicyclic amines) is 1. The highest BCUT2D eigenvalue weighted by Crippen LogP contribution is 2.22. The van der Waals surface area contributed by atoms with Crippen molar-refractivity contribution in [3.63, 3.8) is 0 Å². The van der Waals surface area contributed by atoms with Gasteiger partial charge in [-0.05, 0) is 57.5 Å². The van der Waals surface area contributed by atoms with Gasteiger partial charge in [0.15, 0.2) is 0 Å². The molecule has 0 saturated carbocycles. The SMILES string of the molecule is CCCCCCCCCCCC(=O)NC(C(=O)NCCOCCOCCNC(=O)C(C(C)C)N(CCC1CCCN1C)C(=O)CCCCCCCCCCC)C(C)C. The number of unbranched alkanes of at least 4 members (excludes halogenated alkanes) is 16. The summed E-state index contributed by atoms with van der Waals surface area (Å²) >= 11 is 0. The van der Waals surface area contributed by atoms with Crippen molar-refractivity contribution < 1.29 is 28.7 Å². The van der Waals surface area contributed by atoms with Crippen LogP contribution in [0.3, 0.4) is 0 Å². The fourth-order valence-corrected chi connectivity index (χ4v) is 7.99. The van der Waals surface area contributed by atoms with Gasteiger partial charge < -0.3 is 35.2 Å². The van der Waals surface area contributed by atoms with Gasteiger partial charge in [-0.3, -0.25) is 19.2 Å². The Morgan fingerprint density at radius 2 is 1.12 bits per heavy atom. The number of carbonyl (C=O) groups excluding carboxylic acids is 4. The summed E-state index contributed by atoms with van der Waals surface area (Å²) in [5.74, 6) is -0.324. The lowest BCUT2D eigenvalue weighted by Gasteiger charge is -2.35. The van der Waals surface area contributed by atoms with Crippen molar-refractivity contribution in [3.8, 4) is 0 Å². The molecule has 0 aliphatic carbocycles. The highest BCUT2D eigenvalue weighted by molar-refractivity contribution is 5.88. The molecule has 340 valence electrons. The lowest BCUT2D eigenvalue weighted by Crippen LogP contribution is -2.53. The zero-order chi connectivity index (χ0) is 42.8. The van der Waals surface area contributed by atoms with E-state index < -0.39 is 12.1 Å². The highest BCUT2D eigenvalue weighted by Gasteiger charge is 2.33. The molecule has 1 fully saturated rings. The Morgan fingerprint density at radius 3 is 1.59 bits per heavy atom. The molecule has 1 saturated heterocycles. The second-order valence-corrected chi connectivity index (χ2v) is 17.6. The molecule has 1 aliphatic heterocycles. The average Bonchev–Trinajstić information content (AvgIpc) is 3.61. The molecule has 11 heteroatoms. The Balaban J connectivity index is 2.37. The zero-order valence-corrected chi connectivity index (χ0v) is 38.7. The van der Waals surface area contributed by atoms with E-state index in [1.807, 2.05) is 32.6 Å². The Kier molecular flexibility index (Phi) is 32.9. The Labute approximate surface area is 356 Å². The number of nitrogens with one attached hydrogen (secondary N) is 3. The molecule has 58 heavy (non-hydrogen) atoms. The summed E-state index contributed by atoms with van der Waals surface area (Å²) in [6.45, 7) is 16.2. The third-order valence-corrected chi connectivity index (χ3v) is 11.7. The first kappa shape index (κ1) is 53.8. The van der Waals surface area contributed by atoms with Crippen LogP contribution in [0, 0.1) is 11.8 Å². The number of carbonyl (C=O) groups is 4. The molecule has 0 aromatic rings. The van der Waals surface area contributed by atoms with Crippen molar-refractivity contribution in [1.82, 2.24) is 25.8 Å². The average molecular weight is 822 g/mol. The first-order chi connectivity index (χ1) is 28.0. The lowest BCUT2D eigenvalue weighted by atomic mass is 9.99. The first-order valence-corrected chi connectivity index (χ1v) is 24.0. The van der Waals surface area contributed by atoms with Crippen molar-refractivity contribution in [3.05, 3.63) is 0 Å². The smallest absolute Gasteiger partial charge is 0.243 e. The van der Waals surface area contributed by atoms with Crippen molar-refractivity contribution in [2.75, 3.05) is 59.7 Å². The van der Waals surface area contributed by atoms with Gasteiger partial charge in [0.1, 0.15) is 12.1 Å². The van der Waals surface area contributed by atoms with Crippen LogP contribution in [0.1, 0.15) is 189 Å². The minimum Gasteiger partial charge on any atom is -0.377 e. The van der Waals surface area contributed by atoms with E-state index in [-0.39, 0.29) is 35.5 Å². The molecule has 0 bridgehead atoms. The van der Waals surface area contributed by atoms with E-state index in [4.69, 9.17) is 9.47 Å². The van der Waals surface area contributed by atoms with Crippen LogP contribution >= 0.6 is 0 Å². The lowest BCUT2D eigenvalue weighted by molar-refractivity contribution is -0.142. The fourth-order valence-electron chi connectivity index (χ4n) is 7.99. The van der Waals surface area contributed by atoms with Crippen LogP contribution in [-0.4, -0.2) is 111 Å². The molecule has 4 amide bonds. The van der Waals surface area contributed by atoms with E-state index >= 15 is 0 Å². The molecule has 11 nitrogen and oxygen atoms in total. The van der Waals surface area contributed by atoms with Crippen LogP contribution in [0.4, 0.5) is 0 Å². The predicted octanol–water partition coefficient (Wildman–Crippen LogP) is 8.57. The van der Waals surface area contributed by atoms with Crippen LogP contribution in [0.2, 0.25) is 0 Å². The van der Waals surface area contributed by atoms with Crippen LogP contribution in [-0.2, 0) is 28.7 Å². The summed E-state index contributed by atoms with van der Waals surface area (Å²) in [7, 11) is 2.16. The van der Waals surface area contributed by atoms with E-state index in [9.17, 15) is 19.2 Å². The van der Waals surface area contributed by atoms with Crippen LogP contribution in [0.25, 0.3) is 0 Å². The third kappa shape index (κ3) is 26.1. The molecule has 0 spiro atoms. The predicted molar refractivity (Wildman–Crippen MR) is 239 cm³/mol. The molecule has 3 atom stereocenters. The number of amides is 4. The van der Waals surface area contributed by atoms with Crippen molar-refractivity contribution in [1.29, 1.82) is 0 Å². The van der Waals surface area contributed by atoms with Gasteiger partial charge in [-0.2, -0.15) is 0 Å². The summed E-state index contributed by atoms with van der Waals surface area (Å²) in [5.41, 5.74) is 0. The van der Waals surface area contributed by atoms with E-state index in [1.165, 1.54) is 89.9 Å². The fraction of sp³-hybridized carbons (Fsp3) is 0.915. The Morgan fingerprint density at radius 1 is 0.638 bits per heavy atom. The summed E-state index contributed by atoms with van der Waals surface area (Å²) in [6, 6.07) is -0.632. The second-order valence-electron chi connectivity index (χ2n) is 17.6. The number of rotatable bonds is 38. The molecular formula is C47H91N5O6. The molecule has 0 aromatic carbocycles. The van der Waals surface area contributed by atoms with Crippen molar-refractivity contribution in [2.24, 2.45) is 11.8 Å². The topological polar surface area (TPSA) is 129 Å². The normalized spacial score (nSPS) is 15.5. The van der Waals surface area contributed by atoms with Gasteiger partial charge in [-0.1, -0.05) is 144 Å². The third-order valence-electron chi connectivity index (χ3n) is 11.7. The maximum absolute atomic E-state index is 13.7. The van der Waals surface area contributed by atoms with Crippen LogP contribution < -0.4 is 16.0 Å². The van der Waals surface area contributed by atoms with Gasteiger partial charge in [-0.25, -0.2) is 0 Å². The van der Waals surface area contributed by atoms with Gasteiger partial charge in [0.25, 0.3) is 0 Å². The van der Waals surface area contributed by atoms with Gasteiger partial charge in [0, 0.05) is 38.5 Å².